The van der Waals surface area contributed by atoms with Crippen molar-refractivity contribution < 1.29 is 0 Å². The second-order valence-corrected chi connectivity index (χ2v) is 15.1. The van der Waals surface area contributed by atoms with Crippen molar-refractivity contribution in [1.82, 2.24) is 0 Å². The SMILES string of the molecule is C=C/C=C(\C(=C)C(=C)/C=C\c1ccc2ccccc2c1)N(c1ccc(-c2cc3ccccc3c3ccccc23)cc1)C1C=CC(c2ccccc2-c2ccccc2)=CC1. The van der Waals surface area contributed by atoms with Crippen molar-refractivity contribution in [2.75, 3.05) is 4.90 Å². The molecular formula is C58H45N. The standard InChI is InChI=1S/C58H45N/c1-4-16-58(42(3)41(2)27-28-43-29-30-44-17-8-9-20-48(44)39-43)59(50-35-31-46(32-36-50)53-23-13-12-22-52(53)45-18-6-5-7-19-45)51-37-33-47(34-38-51)57-40-49-21-10-11-24-54(49)55-25-14-15-26-56(55)57/h4-35,37-40,50H,1-3,36H2/b28-27-,58-16+. The summed E-state index contributed by atoms with van der Waals surface area (Å²) in [4.78, 5) is 2.40. The van der Waals surface area contributed by atoms with Gasteiger partial charge in [0.05, 0.1) is 6.04 Å². The maximum atomic E-state index is 4.66. The van der Waals surface area contributed by atoms with Gasteiger partial charge in [0, 0.05) is 11.4 Å². The molecule has 0 spiro atoms. The lowest BCUT2D eigenvalue weighted by Crippen LogP contribution is -2.34. The van der Waals surface area contributed by atoms with Crippen LogP contribution in [0, 0.1) is 0 Å². The normalized spacial score (nSPS) is 14.1. The molecule has 1 heteroatoms. The minimum Gasteiger partial charge on any atom is -0.334 e. The van der Waals surface area contributed by atoms with E-state index in [1.807, 2.05) is 6.08 Å². The average Bonchev–Trinajstić information content (AvgIpc) is 3.30. The van der Waals surface area contributed by atoms with Crippen molar-refractivity contribution >= 4 is 49.7 Å². The summed E-state index contributed by atoms with van der Waals surface area (Å²) in [6.45, 7) is 13.4. The van der Waals surface area contributed by atoms with Gasteiger partial charge in [0.15, 0.2) is 0 Å². The van der Waals surface area contributed by atoms with Crippen LogP contribution in [0.1, 0.15) is 17.5 Å². The molecule has 9 rings (SSSR count). The number of anilines is 1. The number of hydrogen-bond donors (Lipinski definition) is 0. The van der Waals surface area contributed by atoms with E-state index in [0.717, 1.165) is 34.5 Å². The van der Waals surface area contributed by atoms with Crippen LogP contribution >= 0.6 is 0 Å². The highest BCUT2D eigenvalue weighted by Crippen LogP contribution is 2.39. The quantitative estimate of drug-likeness (QED) is 0.0939. The van der Waals surface area contributed by atoms with Crippen LogP contribution in [0.3, 0.4) is 0 Å². The van der Waals surface area contributed by atoms with E-state index in [4.69, 9.17) is 0 Å². The first-order valence-electron chi connectivity index (χ1n) is 20.3. The summed E-state index contributed by atoms with van der Waals surface area (Å²) >= 11 is 0. The van der Waals surface area contributed by atoms with E-state index in [1.54, 1.807) is 0 Å². The molecule has 1 nitrogen and oxygen atoms in total. The van der Waals surface area contributed by atoms with Crippen LogP contribution in [0.5, 0.6) is 0 Å². The lowest BCUT2D eigenvalue weighted by atomic mass is 9.89. The summed E-state index contributed by atoms with van der Waals surface area (Å²) in [5, 5.41) is 7.44. The maximum absolute atomic E-state index is 4.66. The van der Waals surface area contributed by atoms with E-state index >= 15 is 0 Å². The molecule has 59 heavy (non-hydrogen) atoms. The minimum atomic E-state index is 0.00945. The Hall–Kier alpha value is -7.48. The fraction of sp³-hybridized carbons (Fsp3) is 0.0345. The first kappa shape index (κ1) is 37.1. The Morgan fingerprint density at radius 2 is 1.20 bits per heavy atom. The monoisotopic (exact) mass is 755 g/mol. The molecule has 8 aromatic carbocycles. The highest BCUT2D eigenvalue weighted by molar-refractivity contribution is 6.13. The second kappa shape index (κ2) is 16.5. The first-order valence-corrected chi connectivity index (χ1v) is 20.3. The van der Waals surface area contributed by atoms with Gasteiger partial charge in [0.1, 0.15) is 0 Å². The van der Waals surface area contributed by atoms with Gasteiger partial charge in [-0.2, -0.15) is 0 Å². The Balaban J connectivity index is 1.08. The summed E-state index contributed by atoms with van der Waals surface area (Å²) in [7, 11) is 0. The zero-order valence-corrected chi connectivity index (χ0v) is 33.1. The molecule has 0 heterocycles. The topological polar surface area (TPSA) is 3.24 Å². The lowest BCUT2D eigenvalue weighted by molar-refractivity contribution is 0.760. The second-order valence-electron chi connectivity index (χ2n) is 15.1. The predicted octanol–water partition coefficient (Wildman–Crippen LogP) is 15.6. The van der Waals surface area contributed by atoms with E-state index in [0.29, 0.717) is 0 Å². The Kier molecular flexibility index (Phi) is 10.4. The fourth-order valence-electron chi connectivity index (χ4n) is 8.42. The molecule has 1 atom stereocenters. The molecule has 1 aliphatic carbocycles. The van der Waals surface area contributed by atoms with Crippen LogP contribution in [-0.4, -0.2) is 6.04 Å². The Labute approximate surface area is 347 Å². The third kappa shape index (κ3) is 7.55. The maximum Gasteiger partial charge on any atom is 0.0560 e. The summed E-state index contributed by atoms with van der Waals surface area (Å²) in [5.74, 6) is 0. The molecule has 0 aliphatic heterocycles. The van der Waals surface area contributed by atoms with Gasteiger partial charge in [-0.3, -0.25) is 0 Å². The van der Waals surface area contributed by atoms with Crippen molar-refractivity contribution in [2.45, 2.75) is 12.5 Å². The van der Waals surface area contributed by atoms with Crippen molar-refractivity contribution in [1.29, 1.82) is 0 Å². The van der Waals surface area contributed by atoms with Gasteiger partial charge >= 0.3 is 0 Å². The van der Waals surface area contributed by atoms with Gasteiger partial charge in [-0.1, -0.05) is 208 Å². The van der Waals surface area contributed by atoms with Gasteiger partial charge in [0.2, 0.25) is 0 Å². The minimum absolute atomic E-state index is 0.00945. The van der Waals surface area contributed by atoms with Crippen molar-refractivity contribution in [2.24, 2.45) is 0 Å². The van der Waals surface area contributed by atoms with Crippen LogP contribution in [0.15, 0.2) is 249 Å². The number of benzene rings is 8. The van der Waals surface area contributed by atoms with Gasteiger partial charge in [-0.05, 0) is 119 Å². The predicted molar refractivity (Wildman–Crippen MR) is 256 cm³/mol. The number of rotatable bonds is 11. The van der Waals surface area contributed by atoms with Crippen LogP contribution < -0.4 is 4.90 Å². The molecule has 0 saturated carbocycles. The summed E-state index contributed by atoms with van der Waals surface area (Å²) in [6, 6.07) is 63.0. The van der Waals surface area contributed by atoms with E-state index < -0.39 is 0 Å². The molecule has 0 fully saturated rings. The van der Waals surface area contributed by atoms with Crippen molar-refractivity contribution in [3.63, 3.8) is 0 Å². The van der Waals surface area contributed by atoms with Crippen molar-refractivity contribution in [3.8, 4) is 22.3 Å². The Bertz CT molecular complexity index is 3010. The highest BCUT2D eigenvalue weighted by atomic mass is 15.2. The molecule has 1 unspecified atom stereocenters. The van der Waals surface area contributed by atoms with Gasteiger partial charge in [-0.15, -0.1) is 0 Å². The smallest absolute Gasteiger partial charge is 0.0560 e. The van der Waals surface area contributed by atoms with Gasteiger partial charge < -0.3 is 4.90 Å². The molecule has 0 saturated heterocycles. The molecule has 0 radical (unpaired) electrons. The first-order chi connectivity index (χ1) is 29.1. The third-order valence-corrected chi connectivity index (χ3v) is 11.4. The fourth-order valence-corrected chi connectivity index (χ4v) is 8.42. The average molecular weight is 756 g/mol. The van der Waals surface area contributed by atoms with Crippen LogP contribution in [0.2, 0.25) is 0 Å². The number of allylic oxidation sites excluding steroid dienone is 6. The van der Waals surface area contributed by atoms with E-state index in [2.05, 4.69) is 237 Å². The van der Waals surface area contributed by atoms with Crippen LogP contribution in [0.4, 0.5) is 5.69 Å². The van der Waals surface area contributed by atoms with Gasteiger partial charge in [-0.25, -0.2) is 0 Å². The molecule has 0 N–H and O–H groups in total. The molecule has 8 aromatic rings. The molecule has 282 valence electrons. The summed E-state index contributed by atoms with van der Waals surface area (Å²) in [6.07, 6.45) is 15.9. The zero-order valence-electron chi connectivity index (χ0n) is 33.1. The molecule has 0 aromatic heterocycles. The number of fused-ring (bicyclic) bond motifs is 4. The largest absolute Gasteiger partial charge is 0.334 e. The molecule has 0 bridgehead atoms. The highest BCUT2D eigenvalue weighted by Gasteiger charge is 2.25. The zero-order chi connectivity index (χ0) is 40.1. The number of hydrogen-bond acceptors (Lipinski definition) is 1. The third-order valence-electron chi connectivity index (χ3n) is 11.4. The lowest BCUT2D eigenvalue weighted by Gasteiger charge is -2.36. The van der Waals surface area contributed by atoms with Crippen molar-refractivity contribution in [3.05, 3.63) is 260 Å². The van der Waals surface area contributed by atoms with Crippen LogP contribution in [0.25, 0.3) is 66.2 Å². The number of nitrogens with zero attached hydrogens (tertiary/aromatic N) is 1. The van der Waals surface area contributed by atoms with E-state index in [9.17, 15) is 0 Å². The van der Waals surface area contributed by atoms with E-state index in [-0.39, 0.29) is 6.04 Å². The Morgan fingerprint density at radius 1 is 0.559 bits per heavy atom. The summed E-state index contributed by atoms with van der Waals surface area (Å²) < 4.78 is 0. The molecule has 1 aliphatic rings. The van der Waals surface area contributed by atoms with Crippen LogP contribution in [-0.2, 0) is 0 Å². The molecular weight excluding hydrogens is 711 g/mol. The Morgan fingerprint density at radius 3 is 1.95 bits per heavy atom. The summed E-state index contributed by atoms with van der Waals surface area (Å²) in [5.41, 5.74) is 12.1. The van der Waals surface area contributed by atoms with Gasteiger partial charge in [0.25, 0.3) is 0 Å². The molecule has 0 amide bonds. The van der Waals surface area contributed by atoms with E-state index in [1.165, 1.54) is 65.7 Å².